The second-order valence-corrected chi connectivity index (χ2v) is 6.25. The number of hydrazine groups is 1. The summed E-state index contributed by atoms with van der Waals surface area (Å²) in [6.07, 6.45) is 2.28. The van der Waals surface area contributed by atoms with Gasteiger partial charge in [-0.15, -0.1) is 0 Å². The first-order chi connectivity index (χ1) is 12.6. The molecule has 2 amide bonds. The first kappa shape index (κ1) is 18.0. The Bertz CT molecular complexity index is 732. The predicted octanol–water partition coefficient (Wildman–Crippen LogP) is 0.983. The maximum Gasteiger partial charge on any atom is 0.248 e. The first-order valence-corrected chi connectivity index (χ1v) is 8.70. The van der Waals surface area contributed by atoms with Crippen molar-refractivity contribution in [1.29, 1.82) is 0 Å². The van der Waals surface area contributed by atoms with Crippen molar-refractivity contribution in [2.24, 2.45) is 0 Å². The number of carbonyl (C=O) groups excluding carboxylic acids is 2. The predicted molar refractivity (Wildman–Crippen MR) is 97.7 cm³/mol. The van der Waals surface area contributed by atoms with Gasteiger partial charge in [0, 0.05) is 12.7 Å². The number of hydrogen-bond donors (Lipinski definition) is 4. The van der Waals surface area contributed by atoms with Gasteiger partial charge in [-0.1, -0.05) is 36.4 Å². The van der Waals surface area contributed by atoms with Crippen molar-refractivity contribution in [1.82, 2.24) is 26.5 Å². The summed E-state index contributed by atoms with van der Waals surface area (Å²) in [5, 5.41) is 5.78. The van der Waals surface area contributed by atoms with Crippen molar-refractivity contribution in [3.8, 4) is 0 Å². The molecular weight excluding hydrogens is 330 g/mol. The largest absolute Gasteiger partial charge is 0.340 e. The molecule has 1 aliphatic rings. The fraction of sp³-hybridized carbons (Fsp3) is 0.316. The number of benzene rings is 1. The van der Waals surface area contributed by atoms with E-state index in [0.29, 0.717) is 5.69 Å². The van der Waals surface area contributed by atoms with Crippen LogP contribution in [0.25, 0.3) is 0 Å². The summed E-state index contributed by atoms with van der Waals surface area (Å²) in [6, 6.07) is 13.9. The summed E-state index contributed by atoms with van der Waals surface area (Å²) in [5.74, 6) is -0.953. The Morgan fingerprint density at radius 1 is 1.12 bits per heavy atom. The third-order valence-corrected chi connectivity index (χ3v) is 4.36. The van der Waals surface area contributed by atoms with Crippen molar-refractivity contribution in [2.45, 2.75) is 31.5 Å². The number of rotatable bonds is 6. The van der Waals surface area contributed by atoms with E-state index >= 15 is 0 Å². The lowest BCUT2D eigenvalue weighted by Crippen LogP contribution is -2.49. The standard InChI is InChI=1S/C19H23N5O2/c1-13(15-9-5-6-11-20-15)18(25)23-17(14-7-3-2-4-8-14)19(26)22-16-10-12-21-24-16/h2-9,11,13,16-17,21,24H,10,12H2,1H3,(H,22,26)(H,23,25). The van der Waals surface area contributed by atoms with Crippen molar-refractivity contribution >= 4 is 11.8 Å². The van der Waals surface area contributed by atoms with E-state index in [4.69, 9.17) is 0 Å². The number of hydrogen-bond acceptors (Lipinski definition) is 5. The van der Waals surface area contributed by atoms with Gasteiger partial charge in [-0.3, -0.25) is 20.0 Å². The molecule has 1 fully saturated rings. The zero-order valence-electron chi connectivity index (χ0n) is 14.6. The number of pyridine rings is 1. The minimum absolute atomic E-state index is 0.154. The smallest absolute Gasteiger partial charge is 0.248 e. The molecule has 0 saturated carbocycles. The average molecular weight is 353 g/mol. The Morgan fingerprint density at radius 2 is 1.88 bits per heavy atom. The van der Waals surface area contributed by atoms with Crippen LogP contribution in [0.2, 0.25) is 0 Å². The summed E-state index contributed by atoms with van der Waals surface area (Å²) in [6.45, 7) is 2.56. The van der Waals surface area contributed by atoms with Crippen molar-refractivity contribution < 1.29 is 9.59 Å². The van der Waals surface area contributed by atoms with Gasteiger partial charge in [0.1, 0.15) is 6.04 Å². The molecule has 2 heterocycles. The molecule has 0 radical (unpaired) electrons. The monoisotopic (exact) mass is 353 g/mol. The van der Waals surface area contributed by atoms with Gasteiger partial charge < -0.3 is 10.6 Å². The highest BCUT2D eigenvalue weighted by atomic mass is 16.2. The highest BCUT2D eigenvalue weighted by molar-refractivity contribution is 5.91. The minimum Gasteiger partial charge on any atom is -0.340 e. The SMILES string of the molecule is CC(C(=O)NC(C(=O)NC1CCNN1)c1ccccc1)c1ccccn1. The van der Waals surface area contributed by atoms with Crippen molar-refractivity contribution in [2.75, 3.05) is 6.54 Å². The van der Waals surface area contributed by atoms with Gasteiger partial charge >= 0.3 is 0 Å². The maximum atomic E-state index is 12.8. The van der Waals surface area contributed by atoms with Crippen molar-refractivity contribution in [3.63, 3.8) is 0 Å². The normalized spacial score (nSPS) is 18.7. The molecule has 26 heavy (non-hydrogen) atoms. The number of carbonyl (C=O) groups is 2. The van der Waals surface area contributed by atoms with Gasteiger partial charge in [0.2, 0.25) is 11.8 Å². The second-order valence-electron chi connectivity index (χ2n) is 6.25. The molecule has 3 unspecified atom stereocenters. The topological polar surface area (TPSA) is 95.2 Å². The van der Waals surface area contributed by atoms with E-state index in [1.807, 2.05) is 36.4 Å². The quantitative estimate of drug-likeness (QED) is 0.621. The van der Waals surface area contributed by atoms with Crippen LogP contribution in [0, 0.1) is 0 Å². The fourth-order valence-electron chi connectivity index (χ4n) is 2.83. The highest BCUT2D eigenvalue weighted by Gasteiger charge is 2.28. The van der Waals surface area contributed by atoms with Gasteiger partial charge in [0.25, 0.3) is 0 Å². The lowest BCUT2D eigenvalue weighted by atomic mass is 10.0. The van der Waals surface area contributed by atoms with Crippen LogP contribution in [-0.4, -0.2) is 29.5 Å². The molecule has 0 spiro atoms. The molecule has 7 nitrogen and oxygen atoms in total. The van der Waals surface area contributed by atoms with Crippen LogP contribution in [0.5, 0.6) is 0 Å². The number of amides is 2. The summed E-state index contributed by atoms with van der Waals surface area (Å²) >= 11 is 0. The summed E-state index contributed by atoms with van der Waals surface area (Å²) in [7, 11) is 0. The Balaban J connectivity index is 1.74. The van der Waals surface area contributed by atoms with Crippen LogP contribution >= 0.6 is 0 Å². The maximum absolute atomic E-state index is 12.8. The Morgan fingerprint density at radius 3 is 2.54 bits per heavy atom. The minimum atomic E-state index is -0.766. The van der Waals surface area contributed by atoms with Gasteiger partial charge in [-0.05, 0) is 31.0 Å². The Kier molecular flexibility index (Phi) is 5.93. The third-order valence-electron chi connectivity index (χ3n) is 4.36. The molecule has 3 atom stereocenters. The summed E-state index contributed by atoms with van der Waals surface area (Å²) in [5.41, 5.74) is 7.37. The van der Waals surface area contributed by atoms with E-state index in [0.717, 1.165) is 18.5 Å². The van der Waals surface area contributed by atoms with E-state index < -0.39 is 12.0 Å². The highest BCUT2D eigenvalue weighted by Crippen LogP contribution is 2.17. The van der Waals surface area contributed by atoms with Crippen LogP contribution in [0.3, 0.4) is 0 Å². The third kappa shape index (κ3) is 4.44. The Labute approximate surface area is 152 Å². The lowest BCUT2D eigenvalue weighted by molar-refractivity contribution is -0.130. The zero-order chi connectivity index (χ0) is 18.4. The molecule has 136 valence electrons. The van der Waals surface area contributed by atoms with Gasteiger partial charge in [0.15, 0.2) is 0 Å². The molecule has 1 aromatic carbocycles. The fourth-order valence-corrected chi connectivity index (χ4v) is 2.83. The molecular formula is C19H23N5O2. The van der Waals surface area contributed by atoms with Crippen LogP contribution in [0.15, 0.2) is 54.7 Å². The van der Waals surface area contributed by atoms with E-state index in [-0.39, 0.29) is 18.0 Å². The second kappa shape index (κ2) is 8.55. The van der Waals surface area contributed by atoms with Crippen LogP contribution in [0.1, 0.15) is 36.6 Å². The number of nitrogens with zero attached hydrogens (tertiary/aromatic N) is 1. The van der Waals surface area contributed by atoms with E-state index in [1.54, 1.807) is 25.3 Å². The molecule has 2 aromatic rings. The van der Waals surface area contributed by atoms with Gasteiger partial charge in [0.05, 0.1) is 17.8 Å². The van der Waals surface area contributed by atoms with E-state index in [1.165, 1.54) is 0 Å². The Hall–Kier alpha value is -2.77. The number of nitrogens with one attached hydrogen (secondary N) is 4. The number of aromatic nitrogens is 1. The zero-order valence-corrected chi connectivity index (χ0v) is 14.6. The molecule has 7 heteroatoms. The summed E-state index contributed by atoms with van der Waals surface area (Å²) < 4.78 is 0. The molecule has 4 N–H and O–H groups in total. The van der Waals surface area contributed by atoms with Crippen LogP contribution in [0.4, 0.5) is 0 Å². The van der Waals surface area contributed by atoms with Crippen LogP contribution < -0.4 is 21.5 Å². The summed E-state index contributed by atoms with van der Waals surface area (Å²) in [4.78, 5) is 29.7. The molecule has 0 aliphatic carbocycles. The van der Waals surface area contributed by atoms with Crippen molar-refractivity contribution in [3.05, 3.63) is 66.0 Å². The molecule has 1 saturated heterocycles. The molecule has 0 bridgehead atoms. The average Bonchev–Trinajstić information content (AvgIpc) is 3.19. The molecule has 1 aromatic heterocycles. The van der Waals surface area contributed by atoms with Gasteiger partial charge in [-0.25, -0.2) is 5.43 Å². The first-order valence-electron chi connectivity index (χ1n) is 8.70. The molecule has 1 aliphatic heterocycles. The van der Waals surface area contributed by atoms with E-state index in [2.05, 4.69) is 26.5 Å². The lowest BCUT2D eigenvalue weighted by Gasteiger charge is -2.23. The molecule has 3 rings (SSSR count). The van der Waals surface area contributed by atoms with Gasteiger partial charge in [-0.2, -0.15) is 0 Å². The van der Waals surface area contributed by atoms with Crippen LogP contribution in [-0.2, 0) is 9.59 Å². The van der Waals surface area contributed by atoms with E-state index in [9.17, 15) is 9.59 Å².